The number of anilines is 1. The second-order valence-electron chi connectivity index (χ2n) is 7.89. The molecule has 1 atom stereocenters. The number of carbonyl (C=O) groups is 1. The number of oxazole rings is 1. The van der Waals surface area contributed by atoms with E-state index in [0.29, 0.717) is 28.3 Å². The smallest absolute Gasteiger partial charge is 0.261 e. The number of thiocarbonyl (C=S) groups is 1. The van der Waals surface area contributed by atoms with Crippen molar-refractivity contribution in [1.29, 1.82) is 0 Å². The van der Waals surface area contributed by atoms with Crippen LogP contribution in [0.3, 0.4) is 0 Å². The number of halogens is 1. The fourth-order valence-electron chi connectivity index (χ4n) is 3.53. The van der Waals surface area contributed by atoms with E-state index >= 15 is 0 Å². The summed E-state index contributed by atoms with van der Waals surface area (Å²) in [6.45, 7) is 4.36. The molecule has 1 aromatic heterocycles. The molecule has 0 aliphatic heterocycles. The average molecular weight is 494 g/mol. The van der Waals surface area contributed by atoms with Gasteiger partial charge in [0.05, 0.1) is 12.7 Å². The normalized spacial score (nSPS) is 11.8. The van der Waals surface area contributed by atoms with E-state index in [0.717, 1.165) is 23.1 Å². The molecule has 174 valence electrons. The summed E-state index contributed by atoms with van der Waals surface area (Å²) in [7, 11) is 1.49. The lowest BCUT2D eigenvalue weighted by molar-refractivity contribution is 0.0975. The summed E-state index contributed by atoms with van der Waals surface area (Å²) >= 11 is 11.4. The predicted molar refractivity (Wildman–Crippen MR) is 140 cm³/mol. The van der Waals surface area contributed by atoms with Gasteiger partial charge in [-0.2, -0.15) is 0 Å². The van der Waals surface area contributed by atoms with E-state index in [1.54, 1.807) is 12.1 Å². The Bertz CT molecular complexity index is 1370. The average Bonchev–Trinajstić information content (AvgIpc) is 3.27. The van der Waals surface area contributed by atoms with Gasteiger partial charge in [0.2, 0.25) is 5.89 Å². The molecule has 0 fully saturated rings. The van der Waals surface area contributed by atoms with Crippen molar-refractivity contribution in [2.45, 2.75) is 26.2 Å². The fraction of sp³-hybridized carbons (Fsp3) is 0.192. The lowest BCUT2D eigenvalue weighted by Gasteiger charge is -2.12. The number of methoxy groups -OCH3 is 1. The summed E-state index contributed by atoms with van der Waals surface area (Å²) in [5.74, 6) is 0.946. The van der Waals surface area contributed by atoms with Gasteiger partial charge in [-0.1, -0.05) is 37.6 Å². The van der Waals surface area contributed by atoms with E-state index in [-0.39, 0.29) is 10.7 Å². The van der Waals surface area contributed by atoms with Crippen molar-refractivity contribution in [3.8, 4) is 17.2 Å². The first-order valence-electron chi connectivity index (χ1n) is 10.8. The summed E-state index contributed by atoms with van der Waals surface area (Å²) in [4.78, 5) is 17.3. The number of hydrogen-bond acceptors (Lipinski definition) is 5. The van der Waals surface area contributed by atoms with E-state index in [4.69, 9.17) is 33.0 Å². The van der Waals surface area contributed by atoms with Crippen molar-refractivity contribution < 1.29 is 13.9 Å². The molecule has 0 bridgehead atoms. The topological polar surface area (TPSA) is 76.4 Å². The monoisotopic (exact) mass is 493 g/mol. The molecule has 1 amide bonds. The summed E-state index contributed by atoms with van der Waals surface area (Å²) in [6, 6.07) is 18.4. The Labute approximate surface area is 208 Å². The van der Waals surface area contributed by atoms with E-state index in [9.17, 15) is 4.79 Å². The minimum Gasteiger partial charge on any atom is -0.496 e. The van der Waals surface area contributed by atoms with Gasteiger partial charge in [-0.15, -0.1) is 0 Å². The zero-order valence-electron chi connectivity index (χ0n) is 19.0. The number of nitrogens with zero attached hydrogens (tertiary/aromatic N) is 1. The highest BCUT2D eigenvalue weighted by Gasteiger charge is 2.15. The number of fused-ring (bicyclic) bond motifs is 1. The maximum Gasteiger partial charge on any atom is 0.261 e. The zero-order valence-corrected chi connectivity index (χ0v) is 20.6. The quantitative estimate of drug-likeness (QED) is 0.288. The van der Waals surface area contributed by atoms with Gasteiger partial charge in [0.25, 0.3) is 5.91 Å². The van der Waals surface area contributed by atoms with Gasteiger partial charge in [0.15, 0.2) is 10.7 Å². The third-order valence-corrected chi connectivity index (χ3v) is 6.03. The summed E-state index contributed by atoms with van der Waals surface area (Å²) < 4.78 is 11.2. The predicted octanol–water partition coefficient (Wildman–Crippen LogP) is 6.80. The van der Waals surface area contributed by atoms with Crippen LogP contribution >= 0.6 is 23.8 Å². The minimum atomic E-state index is -0.427. The number of aromatic nitrogens is 1. The third kappa shape index (κ3) is 5.21. The number of hydrogen-bond donors (Lipinski definition) is 2. The van der Waals surface area contributed by atoms with Crippen LogP contribution in [-0.2, 0) is 0 Å². The van der Waals surface area contributed by atoms with Crippen LogP contribution in [0, 0.1) is 0 Å². The fourth-order valence-corrected chi connectivity index (χ4v) is 3.91. The Hall–Kier alpha value is -3.42. The first-order valence-corrected chi connectivity index (χ1v) is 11.6. The van der Waals surface area contributed by atoms with Crippen LogP contribution in [0.5, 0.6) is 5.75 Å². The van der Waals surface area contributed by atoms with Crippen LogP contribution in [0.1, 0.15) is 42.1 Å². The number of ether oxygens (including phenoxy) is 1. The van der Waals surface area contributed by atoms with Crippen molar-refractivity contribution in [2.24, 2.45) is 0 Å². The third-order valence-electron chi connectivity index (χ3n) is 5.59. The summed E-state index contributed by atoms with van der Waals surface area (Å²) in [5, 5.41) is 6.24. The van der Waals surface area contributed by atoms with Gasteiger partial charge in [-0.05, 0) is 78.7 Å². The Morgan fingerprint density at radius 3 is 2.76 bits per heavy atom. The largest absolute Gasteiger partial charge is 0.496 e. The number of benzene rings is 3. The highest BCUT2D eigenvalue weighted by molar-refractivity contribution is 7.80. The molecule has 6 nitrogen and oxygen atoms in total. The molecular formula is C26H24ClN3O3S. The first kappa shape index (κ1) is 23.7. The Morgan fingerprint density at radius 1 is 1.18 bits per heavy atom. The van der Waals surface area contributed by atoms with E-state index in [1.165, 1.54) is 18.7 Å². The zero-order chi connectivity index (χ0) is 24.2. The maximum atomic E-state index is 12.7. The number of carbonyl (C=O) groups excluding carboxylic acids is 1. The van der Waals surface area contributed by atoms with Crippen LogP contribution in [0.4, 0.5) is 5.69 Å². The highest BCUT2D eigenvalue weighted by atomic mass is 35.5. The maximum absolute atomic E-state index is 12.7. The van der Waals surface area contributed by atoms with Gasteiger partial charge in [-0.3, -0.25) is 10.1 Å². The lowest BCUT2D eigenvalue weighted by atomic mass is 9.98. The molecule has 0 unspecified atom stereocenters. The van der Waals surface area contributed by atoms with Crippen LogP contribution in [-0.4, -0.2) is 23.1 Å². The molecule has 0 saturated carbocycles. The van der Waals surface area contributed by atoms with Crippen molar-refractivity contribution in [2.75, 3.05) is 12.4 Å². The van der Waals surface area contributed by atoms with Gasteiger partial charge in [-0.25, -0.2) is 4.98 Å². The SMILES string of the molecule is CC[C@@H](C)c1ccc2oc(-c3cccc(NC(=S)NC(=O)c4cc(Cl)ccc4OC)c3)nc2c1. The standard InChI is InChI=1S/C26H24ClN3O3S/c1-4-15(2)16-8-10-23-21(13-16)29-25(33-23)17-6-5-7-19(12-17)28-26(34)30-24(31)20-14-18(27)9-11-22(20)32-3/h5-15H,4H2,1-3H3,(H2,28,30,31,34)/t15-/m1/s1. The molecule has 1 heterocycles. The Kier molecular flexibility index (Phi) is 7.14. The Morgan fingerprint density at radius 2 is 2.00 bits per heavy atom. The van der Waals surface area contributed by atoms with E-state index in [2.05, 4.69) is 41.6 Å². The Balaban J connectivity index is 1.50. The lowest BCUT2D eigenvalue weighted by Crippen LogP contribution is -2.34. The molecule has 3 aromatic carbocycles. The van der Waals surface area contributed by atoms with E-state index < -0.39 is 5.91 Å². The second-order valence-corrected chi connectivity index (χ2v) is 8.73. The summed E-state index contributed by atoms with van der Waals surface area (Å²) in [6.07, 6.45) is 1.06. The molecule has 0 aliphatic carbocycles. The molecule has 4 rings (SSSR count). The molecular weight excluding hydrogens is 470 g/mol. The number of nitrogens with one attached hydrogen (secondary N) is 2. The van der Waals surface area contributed by atoms with Crippen LogP contribution in [0.25, 0.3) is 22.6 Å². The van der Waals surface area contributed by atoms with Crippen molar-refractivity contribution >= 4 is 51.6 Å². The molecule has 4 aromatic rings. The van der Waals surface area contributed by atoms with Gasteiger partial charge in [0, 0.05) is 16.3 Å². The van der Waals surface area contributed by atoms with Crippen molar-refractivity contribution in [3.63, 3.8) is 0 Å². The van der Waals surface area contributed by atoms with Gasteiger partial charge >= 0.3 is 0 Å². The van der Waals surface area contributed by atoms with Crippen molar-refractivity contribution in [3.05, 3.63) is 76.8 Å². The van der Waals surface area contributed by atoms with Gasteiger partial charge in [0.1, 0.15) is 11.3 Å². The molecule has 0 saturated heterocycles. The van der Waals surface area contributed by atoms with Crippen LogP contribution in [0.2, 0.25) is 5.02 Å². The minimum absolute atomic E-state index is 0.139. The second kappa shape index (κ2) is 10.2. The molecule has 34 heavy (non-hydrogen) atoms. The number of amides is 1. The molecule has 0 aliphatic rings. The van der Waals surface area contributed by atoms with Crippen molar-refractivity contribution in [1.82, 2.24) is 10.3 Å². The van der Waals surface area contributed by atoms with Crippen LogP contribution < -0.4 is 15.4 Å². The first-order chi connectivity index (χ1) is 16.4. The van der Waals surface area contributed by atoms with Gasteiger partial charge < -0.3 is 14.5 Å². The molecule has 0 spiro atoms. The van der Waals surface area contributed by atoms with Crippen LogP contribution in [0.15, 0.2) is 65.1 Å². The molecule has 0 radical (unpaired) electrons. The highest BCUT2D eigenvalue weighted by Crippen LogP contribution is 2.29. The number of rotatable bonds is 6. The summed E-state index contributed by atoms with van der Waals surface area (Å²) in [5.41, 5.74) is 4.56. The molecule has 8 heteroatoms. The van der Waals surface area contributed by atoms with E-state index in [1.807, 2.05) is 30.3 Å². The molecule has 2 N–H and O–H groups in total.